The van der Waals surface area contributed by atoms with Gasteiger partial charge >= 0.3 is 0 Å². The van der Waals surface area contributed by atoms with Crippen molar-refractivity contribution in [2.75, 3.05) is 19.8 Å². The van der Waals surface area contributed by atoms with Gasteiger partial charge < -0.3 is 65.1 Å². The molecule has 0 aliphatic carbocycles. The van der Waals surface area contributed by atoms with Crippen LogP contribution in [0.2, 0.25) is 0 Å². The molecule has 2 heterocycles. The SMILES string of the molecule is CC/C=C\C/C=C\C/C=C\C/C=C\C/C=C\C/C=C\C/C=C\C/C=C\C/C=C\C/C=C\C/C=C\C/C=C\CCCCC(=O)NC(COC1OC(CO)C(OC2OC(CO)C(O)C(O)C2O)C(O)C1O)C(O)/C=C/CCCCCCCCCCCCCCCCCCCCCCCCCCCCCCCCC. The van der Waals surface area contributed by atoms with Crippen LogP contribution in [0.25, 0.3) is 0 Å². The highest BCUT2D eigenvalue weighted by atomic mass is 16.7. The van der Waals surface area contributed by atoms with Crippen molar-refractivity contribution in [2.24, 2.45) is 0 Å². The summed E-state index contributed by atoms with van der Waals surface area (Å²) in [5, 5.41) is 87.7. The number of nitrogens with one attached hydrogen (secondary N) is 1. The van der Waals surface area contributed by atoms with E-state index in [9.17, 15) is 45.6 Å². The quantitative estimate of drug-likeness (QED) is 0.0204. The third-order valence-electron chi connectivity index (χ3n) is 19.7. The van der Waals surface area contributed by atoms with Gasteiger partial charge in [0.2, 0.25) is 5.91 Å². The van der Waals surface area contributed by atoms with Gasteiger partial charge in [0.1, 0.15) is 48.8 Å². The van der Waals surface area contributed by atoms with Gasteiger partial charge in [0, 0.05) is 6.42 Å². The fourth-order valence-electron chi connectivity index (χ4n) is 13.0. The smallest absolute Gasteiger partial charge is 0.220 e. The minimum Gasteiger partial charge on any atom is -0.394 e. The van der Waals surface area contributed by atoms with E-state index in [1.165, 1.54) is 180 Å². The summed E-state index contributed by atoms with van der Waals surface area (Å²) >= 11 is 0. The Labute approximate surface area is 645 Å². The van der Waals surface area contributed by atoms with Gasteiger partial charge in [-0.25, -0.2) is 0 Å². The Balaban J connectivity index is 1.64. The van der Waals surface area contributed by atoms with Crippen LogP contribution in [-0.2, 0) is 23.7 Å². The number of carbonyl (C=O) groups excluding carboxylic acids is 1. The molecule has 12 atom stereocenters. The second kappa shape index (κ2) is 73.4. The summed E-state index contributed by atoms with van der Waals surface area (Å²) in [6, 6.07) is -0.953. The lowest BCUT2D eigenvalue weighted by Crippen LogP contribution is -2.65. The first-order valence-corrected chi connectivity index (χ1v) is 42.7. The molecule has 2 aliphatic heterocycles. The molecule has 2 fully saturated rings. The normalized spacial score (nSPS) is 22.1. The highest BCUT2D eigenvalue weighted by Crippen LogP contribution is 2.30. The average Bonchev–Trinajstić information content (AvgIpc) is 0.789. The highest BCUT2D eigenvalue weighted by Gasteiger charge is 2.51. The molecule has 12 unspecified atom stereocenters. The van der Waals surface area contributed by atoms with Crippen molar-refractivity contribution >= 4 is 5.91 Å². The number of unbranched alkanes of at least 4 members (excludes halogenated alkanes) is 33. The molecule has 0 aromatic carbocycles. The maximum Gasteiger partial charge on any atom is 0.220 e. The Morgan fingerprint density at radius 2 is 0.651 bits per heavy atom. The lowest BCUT2D eigenvalue weighted by Gasteiger charge is -2.46. The standard InChI is InChI=1S/C92H155NO13/c1-3-5-7-9-11-13-15-17-19-21-23-25-27-29-31-33-35-37-38-39-40-41-42-44-46-48-50-52-54-56-58-60-62-64-66-68-70-72-74-76-84(97)93-80(79-103-91-89(102)87(100)90(83(78-95)105-91)106-92-88(101)86(99)85(98)82(77-94)104-92)81(96)75-73-71-69-67-65-63-61-59-57-55-53-51-49-47-45-43-36-34-32-30-28-26-24-22-20-18-16-14-12-10-8-6-4-2/h5,7,11,13,17,19,23,25,29,31,35,37,39-40,42,44,48,50,54,56,60,62,66,68,73,75,80-83,85-92,94-96,98-102H,3-4,6,8-10,12,14-16,18,20-22,24,26-28,30,32-34,36,38,41,43,45-47,49,51-53,55,57-59,61,63-65,67,69-72,74,76-79H2,1-2H3,(H,93,97)/b7-5-,13-11-,19-17-,25-23-,31-29-,37-35-,40-39-,44-42-,50-48-,56-54-,62-60-,68-66-,75-73+. The van der Waals surface area contributed by atoms with Crippen LogP contribution in [-0.4, -0.2) is 140 Å². The summed E-state index contributed by atoms with van der Waals surface area (Å²) < 4.78 is 22.9. The largest absolute Gasteiger partial charge is 0.394 e. The maximum atomic E-state index is 13.4. The Hall–Kier alpha value is -4.39. The van der Waals surface area contributed by atoms with Crippen LogP contribution in [0.3, 0.4) is 0 Å². The molecule has 2 saturated heterocycles. The molecule has 0 saturated carbocycles. The van der Waals surface area contributed by atoms with Crippen molar-refractivity contribution in [1.29, 1.82) is 0 Å². The Bertz CT molecular complexity index is 2400. The molecule has 0 spiro atoms. The van der Waals surface area contributed by atoms with Crippen LogP contribution in [0.5, 0.6) is 0 Å². The van der Waals surface area contributed by atoms with Crippen LogP contribution in [0.15, 0.2) is 158 Å². The first kappa shape index (κ1) is 97.7. The number of hydrogen-bond donors (Lipinski definition) is 9. The second-order valence-electron chi connectivity index (χ2n) is 29.2. The number of carbonyl (C=O) groups is 1. The van der Waals surface area contributed by atoms with Crippen molar-refractivity contribution in [3.05, 3.63) is 158 Å². The van der Waals surface area contributed by atoms with Crippen LogP contribution >= 0.6 is 0 Å². The molecule has 0 aromatic heterocycles. The first-order chi connectivity index (χ1) is 52.1. The minimum absolute atomic E-state index is 0.216. The van der Waals surface area contributed by atoms with Gasteiger partial charge in [0.05, 0.1) is 32.0 Å². The zero-order valence-electron chi connectivity index (χ0n) is 66.6. The molecular formula is C92H155NO13. The topological polar surface area (TPSA) is 228 Å². The Kier molecular flexibility index (Phi) is 67.7. The third kappa shape index (κ3) is 55.1. The molecule has 0 radical (unpaired) electrons. The van der Waals surface area contributed by atoms with E-state index in [0.717, 1.165) is 116 Å². The molecule has 9 N–H and O–H groups in total. The number of rotatable bonds is 70. The lowest BCUT2D eigenvalue weighted by atomic mass is 9.97. The van der Waals surface area contributed by atoms with Gasteiger partial charge in [-0.1, -0.05) is 364 Å². The van der Waals surface area contributed by atoms with Crippen molar-refractivity contribution in [3.63, 3.8) is 0 Å². The highest BCUT2D eigenvalue weighted by molar-refractivity contribution is 5.76. The molecule has 2 rings (SSSR count). The van der Waals surface area contributed by atoms with E-state index < -0.39 is 86.8 Å². The summed E-state index contributed by atoms with van der Waals surface area (Å²) in [6.45, 7) is 2.68. The minimum atomic E-state index is -1.80. The number of allylic oxidation sites excluding steroid dienone is 25. The molecule has 2 aliphatic rings. The van der Waals surface area contributed by atoms with E-state index >= 15 is 0 Å². The van der Waals surface area contributed by atoms with Crippen molar-refractivity contribution < 1.29 is 64.6 Å². The second-order valence-corrected chi connectivity index (χ2v) is 29.2. The number of aliphatic hydroxyl groups is 8. The van der Waals surface area contributed by atoms with Gasteiger partial charge in [-0.15, -0.1) is 0 Å². The van der Waals surface area contributed by atoms with Crippen molar-refractivity contribution in [3.8, 4) is 0 Å². The van der Waals surface area contributed by atoms with Crippen LogP contribution < -0.4 is 5.32 Å². The van der Waals surface area contributed by atoms with Crippen molar-refractivity contribution in [2.45, 2.75) is 396 Å². The summed E-state index contributed by atoms with van der Waals surface area (Å²) in [5.74, 6) is -0.284. The molecule has 0 bridgehead atoms. The molecule has 0 aromatic rings. The Morgan fingerprint density at radius 1 is 0.349 bits per heavy atom. The van der Waals surface area contributed by atoms with Gasteiger partial charge in [-0.05, 0) is 109 Å². The van der Waals surface area contributed by atoms with Gasteiger partial charge in [0.15, 0.2) is 12.6 Å². The van der Waals surface area contributed by atoms with E-state index in [2.05, 4.69) is 165 Å². The first-order valence-electron chi connectivity index (χ1n) is 42.7. The molecular weight excluding hydrogens is 1330 g/mol. The number of amides is 1. The summed E-state index contributed by atoms with van der Waals surface area (Å²) in [5.41, 5.74) is 0. The zero-order chi connectivity index (χ0) is 76.5. The van der Waals surface area contributed by atoms with Crippen LogP contribution in [0.1, 0.15) is 322 Å². The lowest BCUT2D eigenvalue weighted by molar-refractivity contribution is -0.359. The van der Waals surface area contributed by atoms with E-state index in [1.807, 2.05) is 6.08 Å². The van der Waals surface area contributed by atoms with E-state index in [-0.39, 0.29) is 18.9 Å². The van der Waals surface area contributed by atoms with Gasteiger partial charge in [-0.2, -0.15) is 0 Å². The fourth-order valence-corrected chi connectivity index (χ4v) is 13.0. The molecule has 14 heteroatoms. The van der Waals surface area contributed by atoms with Crippen molar-refractivity contribution in [1.82, 2.24) is 5.32 Å². The third-order valence-corrected chi connectivity index (χ3v) is 19.7. The predicted octanol–water partition coefficient (Wildman–Crippen LogP) is 20.5. The number of ether oxygens (including phenoxy) is 4. The van der Waals surface area contributed by atoms with Gasteiger partial charge in [-0.3, -0.25) is 4.79 Å². The molecule has 106 heavy (non-hydrogen) atoms. The maximum absolute atomic E-state index is 13.4. The molecule has 606 valence electrons. The average molecular weight is 1480 g/mol. The van der Waals surface area contributed by atoms with E-state index in [0.29, 0.717) is 6.42 Å². The number of hydrogen-bond acceptors (Lipinski definition) is 13. The van der Waals surface area contributed by atoms with Crippen LogP contribution in [0, 0.1) is 0 Å². The van der Waals surface area contributed by atoms with Crippen LogP contribution in [0.4, 0.5) is 0 Å². The monoisotopic (exact) mass is 1480 g/mol. The summed E-state index contributed by atoms with van der Waals surface area (Å²) in [6.07, 6.45) is 96.2. The molecule has 1 amide bonds. The number of aliphatic hydroxyl groups excluding tert-OH is 8. The predicted molar refractivity (Wildman–Crippen MR) is 442 cm³/mol. The fraction of sp³-hybridized carbons (Fsp3) is 0.707. The summed E-state index contributed by atoms with van der Waals surface area (Å²) in [4.78, 5) is 13.4. The zero-order valence-corrected chi connectivity index (χ0v) is 66.6. The molecule has 14 nitrogen and oxygen atoms in total. The summed E-state index contributed by atoms with van der Waals surface area (Å²) in [7, 11) is 0. The van der Waals surface area contributed by atoms with Gasteiger partial charge in [0.25, 0.3) is 0 Å². The van der Waals surface area contributed by atoms with E-state index in [4.69, 9.17) is 18.9 Å². The Morgan fingerprint density at radius 3 is 1.00 bits per heavy atom. The van der Waals surface area contributed by atoms with E-state index in [1.54, 1.807) is 6.08 Å².